The molecule has 0 aromatic rings. The number of nitrogens with zero attached hydrogens (tertiary/aromatic N) is 2. The lowest BCUT2D eigenvalue weighted by Gasteiger charge is -2.27. The maximum atomic E-state index is 12.3. The van der Waals surface area contributed by atoms with Gasteiger partial charge in [0.15, 0.2) is 5.96 Å². The smallest absolute Gasteiger partial charge is 0.410 e. The van der Waals surface area contributed by atoms with Crippen LogP contribution in [-0.4, -0.2) is 82.2 Å². The predicted molar refractivity (Wildman–Crippen MR) is 109 cm³/mol. The van der Waals surface area contributed by atoms with Gasteiger partial charge in [0.25, 0.3) is 0 Å². The van der Waals surface area contributed by atoms with Crippen molar-refractivity contribution in [1.29, 1.82) is 0 Å². The Bertz CT molecular complexity index is 411. The normalized spacial score (nSPS) is 12.0. The van der Waals surface area contributed by atoms with Gasteiger partial charge in [-0.3, -0.25) is 4.99 Å². The summed E-state index contributed by atoms with van der Waals surface area (Å²) < 4.78 is 15.8. The molecule has 1 amide bonds. The van der Waals surface area contributed by atoms with Crippen molar-refractivity contribution in [2.24, 2.45) is 4.99 Å². The molecule has 0 saturated carbocycles. The van der Waals surface area contributed by atoms with E-state index in [1.54, 1.807) is 12.0 Å². The van der Waals surface area contributed by atoms with E-state index in [1.165, 1.54) is 0 Å². The lowest BCUT2D eigenvalue weighted by molar-refractivity contribution is 0.0253. The number of carbonyl (C=O) groups excluding carboxylic acids is 1. The molecule has 0 aliphatic rings. The summed E-state index contributed by atoms with van der Waals surface area (Å²) in [6, 6.07) is 0. The molecule has 0 spiro atoms. The van der Waals surface area contributed by atoms with Gasteiger partial charge in [0.2, 0.25) is 0 Å². The van der Waals surface area contributed by atoms with Crippen LogP contribution in [0.15, 0.2) is 4.99 Å². The fourth-order valence-electron chi connectivity index (χ4n) is 2.14. The summed E-state index contributed by atoms with van der Waals surface area (Å²) in [5, 5.41) is 6.48. The van der Waals surface area contributed by atoms with Crippen LogP contribution in [0.2, 0.25) is 0 Å². The van der Waals surface area contributed by atoms with Crippen molar-refractivity contribution >= 4 is 12.1 Å². The molecule has 0 aliphatic carbocycles. The Morgan fingerprint density at radius 1 is 1.07 bits per heavy atom. The molecule has 0 fully saturated rings. The molecule has 0 heterocycles. The molecule has 0 bridgehead atoms. The molecule has 0 radical (unpaired) electrons. The molecular formula is C19H40N4O4. The van der Waals surface area contributed by atoms with Crippen molar-refractivity contribution in [3.8, 4) is 0 Å². The third-order valence-corrected chi connectivity index (χ3v) is 3.31. The van der Waals surface area contributed by atoms with E-state index in [2.05, 4.69) is 15.6 Å². The van der Waals surface area contributed by atoms with Crippen molar-refractivity contribution in [2.45, 2.75) is 53.1 Å². The van der Waals surface area contributed by atoms with E-state index >= 15 is 0 Å². The number of guanidine groups is 1. The molecule has 8 nitrogen and oxygen atoms in total. The highest BCUT2D eigenvalue weighted by Gasteiger charge is 2.21. The molecule has 27 heavy (non-hydrogen) atoms. The summed E-state index contributed by atoms with van der Waals surface area (Å²) in [6.45, 7) is 14.9. The molecule has 8 heteroatoms. The van der Waals surface area contributed by atoms with Crippen molar-refractivity contribution < 1.29 is 19.0 Å². The summed E-state index contributed by atoms with van der Waals surface area (Å²) in [6.07, 6.45) is 1.46. The van der Waals surface area contributed by atoms with Crippen LogP contribution in [0.1, 0.15) is 47.5 Å². The van der Waals surface area contributed by atoms with Crippen LogP contribution in [-0.2, 0) is 14.2 Å². The molecule has 0 aromatic carbocycles. The Hall–Kier alpha value is -1.54. The molecule has 0 rings (SSSR count). The van der Waals surface area contributed by atoms with Gasteiger partial charge in [0, 0.05) is 46.4 Å². The monoisotopic (exact) mass is 388 g/mol. The van der Waals surface area contributed by atoms with E-state index in [0.29, 0.717) is 46.0 Å². The van der Waals surface area contributed by atoms with Crippen LogP contribution in [0.3, 0.4) is 0 Å². The first kappa shape index (κ1) is 25.5. The quantitative estimate of drug-likeness (QED) is 0.286. The summed E-state index contributed by atoms with van der Waals surface area (Å²) in [5.74, 6) is 0.745. The highest BCUT2D eigenvalue weighted by atomic mass is 16.6. The topological polar surface area (TPSA) is 84.4 Å². The van der Waals surface area contributed by atoms with Crippen molar-refractivity contribution in [2.75, 3.05) is 59.7 Å². The number of aliphatic imine (C=N–C) groups is 1. The van der Waals surface area contributed by atoms with Crippen LogP contribution >= 0.6 is 0 Å². The second-order valence-electron chi connectivity index (χ2n) is 7.11. The Labute approximate surface area is 165 Å². The van der Waals surface area contributed by atoms with Crippen LogP contribution in [0.25, 0.3) is 0 Å². The van der Waals surface area contributed by atoms with E-state index in [-0.39, 0.29) is 6.09 Å². The number of methoxy groups -OCH3 is 1. The van der Waals surface area contributed by atoms with Crippen LogP contribution in [0.4, 0.5) is 4.79 Å². The Morgan fingerprint density at radius 2 is 1.81 bits per heavy atom. The highest BCUT2D eigenvalue weighted by Crippen LogP contribution is 2.10. The molecule has 2 N–H and O–H groups in total. The number of hydrogen-bond acceptors (Lipinski definition) is 5. The van der Waals surface area contributed by atoms with Crippen molar-refractivity contribution in [1.82, 2.24) is 15.5 Å². The van der Waals surface area contributed by atoms with Crippen molar-refractivity contribution in [3.63, 3.8) is 0 Å². The third-order valence-electron chi connectivity index (χ3n) is 3.31. The van der Waals surface area contributed by atoms with Gasteiger partial charge in [-0.2, -0.15) is 0 Å². The van der Waals surface area contributed by atoms with Crippen LogP contribution in [0, 0.1) is 0 Å². The number of rotatable bonds is 13. The minimum absolute atomic E-state index is 0.277. The Morgan fingerprint density at radius 3 is 2.41 bits per heavy atom. The molecule has 0 aliphatic heterocycles. The number of hydrogen-bond donors (Lipinski definition) is 2. The zero-order valence-corrected chi connectivity index (χ0v) is 18.1. The Balaban J connectivity index is 4.31. The van der Waals surface area contributed by atoms with Crippen LogP contribution < -0.4 is 10.6 Å². The minimum Gasteiger partial charge on any atom is -0.444 e. The second kappa shape index (κ2) is 15.5. The maximum Gasteiger partial charge on any atom is 0.410 e. The fourth-order valence-corrected chi connectivity index (χ4v) is 2.14. The van der Waals surface area contributed by atoms with Gasteiger partial charge in [0.1, 0.15) is 5.60 Å². The van der Waals surface area contributed by atoms with Crippen LogP contribution in [0.5, 0.6) is 0 Å². The zero-order chi connectivity index (χ0) is 20.5. The van der Waals surface area contributed by atoms with E-state index in [1.807, 2.05) is 34.6 Å². The largest absolute Gasteiger partial charge is 0.444 e. The van der Waals surface area contributed by atoms with E-state index in [4.69, 9.17) is 14.2 Å². The molecule has 0 unspecified atom stereocenters. The van der Waals surface area contributed by atoms with Gasteiger partial charge >= 0.3 is 6.09 Å². The molecular weight excluding hydrogens is 348 g/mol. The summed E-state index contributed by atoms with van der Waals surface area (Å²) in [7, 11) is 1.66. The average molecular weight is 389 g/mol. The third kappa shape index (κ3) is 15.2. The Kier molecular flexibility index (Phi) is 14.6. The van der Waals surface area contributed by atoms with Gasteiger partial charge in [-0.25, -0.2) is 4.79 Å². The number of amides is 1. The van der Waals surface area contributed by atoms with Gasteiger partial charge in [-0.05, 0) is 40.5 Å². The lowest BCUT2D eigenvalue weighted by Crippen LogP contribution is -2.44. The first-order valence-electron chi connectivity index (χ1n) is 9.90. The first-order valence-corrected chi connectivity index (χ1v) is 9.90. The summed E-state index contributed by atoms with van der Waals surface area (Å²) >= 11 is 0. The van der Waals surface area contributed by atoms with Gasteiger partial charge < -0.3 is 29.7 Å². The number of ether oxygens (including phenoxy) is 3. The second-order valence-corrected chi connectivity index (χ2v) is 7.11. The lowest BCUT2D eigenvalue weighted by atomic mass is 10.2. The predicted octanol–water partition coefficient (Wildman–Crippen LogP) is 2.24. The average Bonchev–Trinajstić information content (AvgIpc) is 2.58. The van der Waals surface area contributed by atoms with E-state index < -0.39 is 5.60 Å². The summed E-state index contributed by atoms with van der Waals surface area (Å²) in [5.41, 5.74) is -0.488. The van der Waals surface area contributed by atoms with Gasteiger partial charge in [0.05, 0.1) is 13.2 Å². The number of nitrogens with one attached hydrogen (secondary N) is 2. The maximum absolute atomic E-state index is 12.3. The minimum atomic E-state index is -0.488. The zero-order valence-electron chi connectivity index (χ0n) is 18.1. The van der Waals surface area contributed by atoms with Gasteiger partial charge in [-0.15, -0.1) is 0 Å². The van der Waals surface area contributed by atoms with Crippen molar-refractivity contribution in [3.05, 3.63) is 0 Å². The summed E-state index contributed by atoms with van der Waals surface area (Å²) in [4.78, 5) is 18.5. The number of carbonyl (C=O) groups is 1. The fraction of sp³-hybridized carbons (Fsp3) is 0.895. The molecule has 0 atom stereocenters. The molecule has 160 valence electrons. The SMILES string of the molecule is CCCN(CCNC(=NCCCOCCOC)NCC)C(=O)OC(C)(C)C. The molecule has 0 saturated heterocycles. The van der Waals surface area contributed by atoms with E-state index in [0.717, 1.165) is 25.3 Å². The van der Waals surface area contributed by atoms with Gasteiger partial charge in [-0.1, -0.05) is 6.92 Å². The van der Waals surface area contributed by atoms with E-state index in [9.17, 15) is 4.79 Å². The standard InChI is InChI=1S/C19H40N4O4/c1-7-12-23(18(24)27-19(3,4)5)13-11-22-17(20-8-2)21-10-9-14-26-16-15-25-6/h7-16H2,1-6H3,(H2,20,21,22). The highest BCUT2D eigenvalue weighted by molar-refractivity contribution is 5.79. The first-order chi connectivity index (χ1) is 12.8. The molecule has 0 aromatic heterocycles.